The Bertz CT molecular complexity index is 866. The normalized spacial score (nSPS) is 11.2. The van der Waals surface area contributed by atoms with Crippen LogP contribution in [0.4, 0.5) is 4.39 Å². The molecule has 0 atom stereocenters. The second-order valence-electron chi connectivity index (χ2n) is 5.14. The fraction of sp³-hybridized carbons (Fsp3) is 0.0526. The van der Waals surface area contributed by atoms with Crippen LogP contribution < -0.4 is 4.57 Å². The number of pyridine rings is 1. The van der Waals surface area contributed by atoms with Crippen LogP contribution in [0, 0.1) is 5.82 Å². The first kappa shape index (κ1) is 14.1. The smallest absolute Gasteiger partial charge is 0.212 e. The van der Waals surface area contributed by atoms with Gasteiger partial charge in [0.05, 0.1) is 0 Å². The Morgan fingerprint density at radius 1 is 1.09 bits per heavy atom. The summed E-state index contributed by atoms with van der Waals surface area (Å²) in [5.41, 5.74) is 2.56. The molecule has 0 bridgehead atoms. The standard InChI is InChI=1S/C19H15FNO/c1-21-12-2-3-16-13-14(4-10-18(16)21)5-11-19(22)15-6-8-17(20)9-7-15/h2-13H,1H3/q+1/b11-5+. The van der Waals surface area contributed by atoms with E-state index in [4.69, 9.17) is 0 Å². The van der Waals surface area contributed by atoms with Crippen molar-refractivity contribution in [1.29, 1.82) is 0 Å². The molecule has 0 aliphatic rings. The maximum atomic E-state index is 12.9. The molecule has 0 radical (unpaired) electrons. The molecule has 0 amide bonds. The number of ketones is 1. The van der Waals surface area contributed by atoms with Crippen molar-refractivity contribution in [2.45, 2.75) is 0 Å². The Kier molecular flexibility index (Phi) is 3.79. The molecule has 0 unspecified atom stereocenters. The van der Waals surface area contributed by atoms with E-state index in [1.807, 2.05) is 48.1 Å². The summed E-state index contributed by atoms with van der Waals surface area (Å²) < 4.78 is 14.9. The molecule has 0 aliphatic carbocycles. The summed E-state index contributed by atoms with van der Waals surface area (Å²) in [5, 5.41) is 1.11. The zero-order valence-electron chi connectivity index (χ0n) is 12.2. The van der Waals surface area contributed by atoms with E-state index in [9.17, 15) is 9.18 Å². The van der Waals surface area contributed by atoms with Crippen molar-refractivity contribution >= 4 is 22.8 Å². The molecule has 22 heavy (non-hydrogen) atoms. The van der Waals surface area contributed by atoms with Gasteiger partial charge >= 0.3 is 0 Å². The lowest BCUT2D eigenvalue weighted by molar-refractivity contribution is -0.644. The van der Waals surface area contributed by atoms with Gasteiger partial charge < -0.3 is 0 Å². The first-order valence-electron chi connectivity index (χ1n) is 7.00. The molecule has 0 aliphatic heterocycles. The highest BCUT2D eigenvalue weighted by molar-refractivity contribution is 6.06. The van der Waals surface area contributed by atoms with E-state index in [1.54, 1.807) is 6.08 Å². The summed E-state index contributed by atoms with van der Waals surface area (Å²) in [6.45, 7) is 0. The molecule has 0 N–H and O–H groups in total. The number of benzene rings is 2. The summed E-state index contributed by atoms with van der Waals surface area (Å²) >= 11 is 0. The van der Waals surface area contributed by atoms with Crippen molar-refractivity contribution in [3.63, 3.8) is 0 Å². The molecule has 0 spiro atoms. The minimum Gasteiger partial charge on any atom is -0.289 e. The monoisotopic (exact) mass is 292 g/mol. The quantitative estimate of drug-likeness (QED) is 0.409. The minimum absolute atomic E-state index is 0.140. The molecule has 1 heterocycles. The summed E-state index contributed by atoms with van der Waals surface area (Å²) in [4.78, 5) is 12.0. The van der Waals surface area contributed by atoms with E-state index in [0.717, 1.165) is 16.5 Å². The Morgan fingerprint density at radius 2 is 1.86 bits per heavy atom. The number of aryl methyl sites for hydroxylation is 1. The summed E-state index contributed by atoms with van der Waals surface area (Å²) in [6, 6.07) is 15.6. The van der Waals surface area contributed by atoms with Crippen molar-refractivity contribution < 1.29 is 13.8 Å². The topological polar surface area (TPSA) is 20.9 Å². The lowest BCUT2D eigenvalue weighted by Gasteiger charge is -1.99. The van der Waals surface area contributed by atoms with Gasteiger partial charge in [-0.25, -0.2) is 8.96 Å². The molecule has 1 aromatic heterocycles. The lowest BCUT2D eigenvalue weighted by atomic mass is 10.1. The molecule has 2 aromatic carbocycles. The molecular weight excluding hydrogens is 277 g/mol. The number of hydrogen-bond acceptors (Lipinski definition) is 1. The van der Waals surface area contributed by atoms with Gasteiger partial charge in [0.15, 0.2) is 12.0 Å². The van der Waals surface area contributed by atoms with Gasteiger partial charge in [0, 0.05) is 23.1 Å². The number of nitrogens with zero attached hydrogens (tertiary/aromatic N) is 1. The zero-order chi connectivity index (χ0) is 15.5. The fourth-order valence-electron chi connectivity index (χ4n) is 2.37. The second kappa shape index (κ2) is 5.90. The maximum absolute atomic E-state index is 12.9. The number of carbonyl (C=O) groups excluding carboxylic acids is 1. The van der Waals surface area contributed by atoms with Crippen LogP contribution in [0.3, 0.4) is 0 Å². The van der Waals surface area contributed by atoms with Gasteiger partial charge in [-0.3, -0.25) is 4.79 Å². The highest BCUT2D eigenvalue weighted by Gasteiger charge is 2.04. The van der Waals surface area contributed by atoms with Crippen LogP contribution in [0.15, 0.2) is 66.9 Å². The third kappa shape index (κ3) is 2.93. The van der Waals surface area contributed by atoms with E-state index in [2.05, 4.69) is 0 Å². The Hall–Kier alpha value is -2.81. The Morgan fingerprint density at radius 3 is 2.64 bits per heavy atom. The van der Waals surface area contributed by atoms with Crippen molar-refractivity contribution in [1.82, 2.24) is 0 Å². The van der Waals surface area contributed by atoms with E-state index in [0.29, 0.717) is 5.56 Å². The molecule has 0 saturated carbocycles. The Labute approximate surface area is 128 Å². The minimum atomic E-state index is -0.345. The maximum Gasteiger partial charge on any atom is 0.212 e. The molecule has 3 aromatic rings. The van der Waals surface area contributed by atoms with Gasteiger partial charge in [-0.2, -0.15) is 0 Å². The number of carbonyl (C=O) groups is 1. The summed E-state index contributed by atoms with van der Waals surface area (Å²) in [7, 11) is 2.00. The van der Waals surface area contributed by atoms with Crippen LogP contribution in [-0.2, 0) is 7.05 Å². The van der Waals surface area contributed by atoms with Crippen LogP contribution in [0.25, 0.3) is 17.0 Å². The summed E-state index contributed by atoms with van der Waals surface area (Å²) in [5.74, 6) is -0.485. The van der Waals surface area contributed by atoms with Gasteiger partial charge in [0.2, 0.25) is 5.52 Å². The predicted octanol–water partition coefficient (Wildman–Crippen LogP) is 3.70. The fourth-order valence-corrected chi connectivity index (χ4v) is 2.37. The van der Waals surface area contributed by atoms with Gasteiger partial charge in [0.1, 0.15) is 12.9 Å². The number of aromatic nitrogens is 1. The van der Waals surface area contributed by atoms with Crippen LogP contribution in [0.2, 0.25) is 0 Å². The van der Waals surface area contributed by atoms with Crippen molar-refractivity contribution in [3.8, 4) is 0 Å². The van der Waals surface area contributed by atoms with Gasteiger partial charge in [0.25, 0.3) is 0 Å². The van der Waals surface area contributed by atoms with E-state index in [1.165, 1.54) is 30.3 Å². The first-order chi connectivity index (χ1) is 10.6. The number of allylic oxidation sites excluding steroid dienone is 1. The van der Waals surface area contributed by atoms with Crippen molar-refractivity contribution in [2.75, 3.05) is 0 Å². The van der Waals surface area contributed by atoms with Gasteiger partial charge in [-0.15, -0.1) is 0 Å². The average molecular weight is 292 g/mol. The van der Waals surface area contributed by atoms with Crippen LogP contribution in [0.1, 0.15) is 15.9 Å². The molecule has 0 saturated heterocycles. The third-order valence-corrected chi connectivity index (χ3v) is 3.57. The van der Waals surface area contributed by atoms with E-state index < -0.39 is 0 Å². The third-order valence-electron chi connectivity index (χ3n) is 3.57. The van der Waals surface area contributed by atoms with Crippen LogP contribution in [0.5, 0.6) is 0 Å². The summed E-state index contributed by atoms with van der Waals surface area (Å²) in [6.07, 6.45) is 5.28. The van der Waals surface area contributed by atoms with E-state index >= 15 is 0 Å². The Balaban J connectivity index is 1.86. The van der Waals surface area contributed by atoms with Crippen molar-refractivity contribution in [2.24, 2.45) is 7.05 Å². The first-order valence-corrected chi connectivity index (χ1v) is 7.00. The van der Waals surface area contributed by atoms with Crippen LogP contribution >= 0.6 is 0 Å². The second-order valence-corrected chi connectivity index (χ2v) is 5.14. The number of rotatable bonds is 3. The zero-order valence-corrected chi connectivity index (χ0v) is 12.2. The van der Waals surface area contributed by atoms with Crippen LogP contribution in [-0.4, -0.2) is 5.78 Å². The molecule has 2 nitrogen and oxygen atoms in total. The molecule has 3 rings (SSSR count). The predicted molar refractivity (Wildman–Crippen MR) is 84.9 cm³/mol. The average Bonchev–Trinajstić information content (AvgIpc) is 2.53. The van der Waals surface area contributed by atoms with Gasteiger partial charge in [-0.1, -0.05) is 6.08 Å². The highest BCUT2D eigenvalue weighted by Crippen LogP contribution is 2.14. The number of hydrogen-bond donors (Lipinski definition) is 0. The van der Waals surface area contributed by atoms with Crippen molar-refractivity contribution in [3.05, 3.63) is 83.8 Å². The molecular formula is C19H15FNO+. The molecule has 0 fully saturated rings. The largest absolute Gasteiger partial charge is 0.289 e. The molecule has 108 valence electrons. The van der Waals surface area contributed by atoms with Gasteiger partial charge in [-0.05, 0) is 54.1 Å². The molecule has 3 heteroatoms. The van der Waals surface area contributed by atoms with E-state index in [-0.39, 0.29) is 11.6 Å². The number of halogens is 1. The number of fused-ring (bicyclic) bond motifs is 1. The SMILES string of the molecule is C[n+]1cccc2cc(/C=C/C(=O)c3ccc(F)cc3)ccc21. The highest BCUT2D eigenvalue weighted by atomic mass is 19.1. The lowest BCUT2D eigenvalue weighted by Crippen LogP contribution is -2.27.